The van der Waals surface area contributed by atoms with E-state index in [2.05, 4.69) is 85.7 Å². The van der Waals surface area contributed by atoms with Crippen molar-refractivity contribution in [3.05, 3.63) is 208 Å². The monoisotopic (exact) mass is 1380 g/mol. The molecular weight excluding hydrogens is 1200 g/mol. The first kappa shape index (κ1) is 49.7. The maximum atomic E-state index is 12.7. The summed E-state index contributed by atoms with van der Waals surface area (Å²) < 4.78 is 292. The third-order valence-corrected chi connectivity index (χ3v) is 18.7. The van der Waals surface area contributed by atoms with Gasteiger partial charge in [-0.15, -0.1) is 0 Å². The van der Waals surface area contributed by atoms with Gasteiger partial charge in [0.05, 0.1) is 5.41 Å². The van der Waals surface area contributed by atoms with Gasteiger partial charge in [-0.1, -0.05) is 307 Å². The highest BCUT2D eigenvalue weighted by atomic mass is 19.4. The van der Waals surface area contributed by atoms with E-state index in [1.165, 1.54) is 74.6 Å². The van der Waals surface area contributed by atoms with Crippen LogP contribution in [-0.4, -0.2) is 6.18 Å². The summed E-state index contributed by atoms with van der Waals surface area (Å²) in [6, 6.07) is 26.8. The zero-order valence-corrected chi connectivity index (χ0v) is 66.0. The third-order valence-electron chi connectivity index (χ3n) is 18.7. The predicted octanol–water partition coefficient (Wildman–Crippen LogP) is 31.6. The van der Waals surface area contributed by atoms with Gasteiger partial charge in [0.1, 0.15) is 0 Å². The summed E-state index contributed by atoms with van der Waals surface area (Å²) in [6.45, 7) is 34.7. The summed E-state index contributed by atoms with van der Waals surface area (Å²) in [5.41, 5.74) is 12.5. The summed E-state index contributed by atoms with van der Waals surface area (Å²) in [5.74, 6) is -12.1. The molecule has 5 atom stereocenters. The molecule has 2 saturated carbocycles. The molecule has 2 fully saturated rings. The molecule has 6 aromatic carbocycles. The lowest BCUT2D eigenvalue weighted by molar-refractivity contribution is -0.223. The van der Waals surface area contributed by atoms with Gasteiger partial charge in [0.2, 0.25) is 0 Å². The lowest BCUT2D eigenvalue weighted by Gasteiger charge is -2.29. The average Bonchev–Trinajstić information content (AvgIpc) is 0.875. The van der Waals surface area contributed by atoms with E-state index < -0.39 is 119 Å². The van der Waals surface area contributed by atoms with Crippen LogP contribution < -0.4 is 0 Å². The Balaban J connectivity index is 0.000000763. The molecule has 0 aromatic heterocycles. The molecule has 0 spiro atoms. The Morgan fingerprint density at radius 1 is 0.378 bits per heavy atom. The number of hydrogen-bond acceptors (Lipinski definition) is 0. The van der Waals surface area contributed by atoms with Crippen molar-refractivity contribution in [2.45, 2.75) is 377 Å². The van der Waals surface area contributed by atoms with E-state index in [1.807, 2.05) is 101 Å². The lowest BCUT2D eigenvalue weighted by atomic mass is 9.80. The van der Waals surface area contributed by atoms with E-state index in [0.717, 1.165) is 90.6 Å². The predicted molar refractivity (Wildman–Crippen MR) is 435 cm³/mol. The maximum absolute atomic E-state index is 12.7. The van der Waals surface area contributed by atoms with E-state index in [1.54, 1.807) is 32.0 Å². The van der Waals surface area contributed by atoms with Crippen LogP contribution in [0.5, 0.6) is 0 Å². The highest BCUT2D eigenvalue weighted by Gasteiger charge is 2.54. The fourth-order valence-electron chi connectivity index (χ4n) is 11.6. The van der Waals surface area contributed by atoms with Gasteiger partial charge in [-0.2, -0.15) is 13.2 Å². The molecule has 0 N–H and O–H groups in total. The molecule has 0 saturated heterocycles. The van der Waals surface area contributed by atoms with Crippen molar-refractivity contribution in [1.29, 1.82) is 0 Å². The second kappa shape index (κ2) is 40.7. The van der Waals surface area contributed by atoms with Crippen molar-refractivity contribution in [2.24, 2.45) is 10.8 Å². The zero-order chi connectivity index (χ0) is 104. The van der Waals surface area contributed by atoms with Crippen LogP contribution >= 0.6 is 0 Å². The van der Waals surface area contributed by atoms with Gasteiger partial charge < -0.3 is 0 Å². The minimum absolute atomic E-state index is 0.0347. The summed E-state index contributed by atoms with van der Waals surface area (Å²) in [4.78, 5) is 0. The van der Waals surface area contributed by atoms with Crippen LogP contribution in [0.4, 0.5) is 13.2 Å². The maximum Gasteiger partial charge on any atom is 0.394 e. The topological polar surface area (TPSA) is 0 Å². The molecule has 0 radical (unpaired) electrons. The molecule has 0 bridgehead atoms. The van der Waals surface area contributed by atoms with Gasteiger partial charge in [0.15, 0.2) is 0 Å². The summed E-state index contributed by atoms with van der Waals surface area (Å²) in [7, 11) is 0. The fourth-order valence-corrected chi connectivity index (χ4v) is 11.6. The largest absolute Gasteiger partial charge is 0.394 e. The number of rotatable bonds is 10. The first-order chi connectivity index (χ1) is 57.4. The zero-order valence-electron chi connectivity index (χ0n) is 99.0. The van der Waals surface area contributed by atoms with Crippen molar-refractivity contribution in [2.75, 3.05) is 0 Å². The van der Waals surface area contributed by atoms with Gasteiger partial charge >= 0.3 is 6.18 Å². The minimum atomic E-state index is -4.41. The summed E-state index contributed by atoms with van der Waals surface area (Å²) in [6.07, 6.45) is -2.19. The Morgan fingerprint density at radius 3 is 1.12 bits per heavy atom. The van der Waals surface area contributed by atoms with Gasteiger partial charge in [-0.25, -0.2) is 0 Å². The quantitative estimate of drug-likeness (QED) is 0.128. The summed E-state index contributed by atoms with van der Waals surface area (Å²) in [5, 5.41) is 0. The van der Waals surface area contributed by atoms with E-state index in [-0.39, 0.29) is 62.5 Å². The Hall–Kier alpha value is -4.89. The molecule has 0 nitrogen and oxygen atoms in total. The third kappa shape index (κ3) is 29.2. The Bertz CT molecular complexity index is 4630. The van der Waals surface area contributed by atoms with Crippen LogP contribution in [0.2, 0.25) is 0 Å². The standard InChI is InChI=1S/C17H28.C16H26.C14H22.C13H20.C10H14.C9H12.C8H13F3.C8H16/c1-11(2)15-9-14(17(6,7)8)10-16(12(3)4)13(15)5;1-10(2)14-8-15(11(3)4)13(7)16(9-14)12(5)6;1-10(2)13-9-12(14(4,5)6)8-7-11(13)3;1-9(2)12-7-6-11(5)13(8-12)10(3)4;1-7-5-8(2)10(4)9(3)6-7;1-7-4-5-8(2)9(3)6-7;1-2-7(8(9,10)11)5-3-4-6-7;1-3-8(2)6-4-5-7-8/h9-12H,1-8H3;8-12H,1-7H3;7-10H,1-6H3;6-10H,1-5H3;5-6H,1-4H3;4-6H,1-3H3;2-6H2,1H3;3-7H2,1-2H3/i11D,12D;1D3,3D3,5D3,10D,11D,12D;10D;1D3,3D3,9D,10D;2D3;3D3;2D2;3D2. The molecule has 98 heavy (non-hydrogen) atoms. The second-order valence-corrected chi connectivity index (χ2v) is 30.2. The van der Waals surface area contributed by atoms with Crippen molar-refractivity contribution in [3.63, 3.8) is 0 Å². The fraction of sp³-hybridized carbons (Fsp3) is 0.621. The normalized spacial score (nSPS) is 23.6. The van der Waals surface area contributed by atoms with Crippen LogP contribution in [-0.2, 0) is 10.8 Å². The lowest BCUT2D eigenvalue weighted by Crippen LogP contribution is -2.34. The van der Waals surface area contributed by atoms with Crippen molar-refractivity contribution >= 4 is 0 Å². The van der Waals surface area contributed by atoms with Crippen LogP contribution in [0, 0.1) is 86.8 Å². The second-order valence-electron chi connectivity index (χ2n) is 30.2. The molecule has 552 valence electrons. The molecule has 0 heterocycles. The smallest absolute Gasteiger partial charge is 0.171 e. The molecule has 2 aliphatic carbocycles. The minimum Gasteiger partial charge on any atom is -0.171 e. The van der Waals surface area contributed by atoms with Gasteiger partial charge in [0.25, 0.3) is 0 Å². The molecule has 5 unspecified atom stereocenters. The number of benzene rings is 6. The Kier molecular flexibility index (Phi) is 20.6. The summed E-state index contributed by atoms with van der Waals surface area (Å²) >= 11 is 0. The van der Waals surface area contributed by atoms with Crippen LogP contribution in [0.15, 0.2) is 91.0 Å². The number of hydrogen-bond donors (Lipinski definition) is 0. The van der Waals surface area contributed by atoms with Crippen LogP contribution in [0.25, 0.3) is 0 Å². The molecule has 3 heteroatoms. The number of aryl methyl sites for hydroxylation is 8. The highest BCUT2D eigenvalue weighted by molar-refractivity contribution is 5.45. The average molecular weight is 1380 g/mol. The number of alkyl halides is 3. The van der Waals surface area contributed by atoms with Crippen molar-refractivity contribution in [1.82, 2.24) is 0 Å². The number of halogens is 3. The molecule has 0 aliphatic heterocycles. The molecular formula is C95H151F3. The molecule has 2 aliphatic rings. The SMILES string of the molecule is [2H]C(C)(C)c1cc(C(C)(C)C)cc(C([2H])(C)C)c1C.[2H]C(C)(C)c1cc(C(C)(C)C)ccc1C.[2H]C([2H])(C)C1(C(F)(F)F)CCCC1.[2H]C([2H])(C)C1(C)CCCC1.[2H]C([2H])([2H])C([2H])(C)c1cc(C([2H])(C)C([2H])([2H])[2H])c(C)c(C([2H])(C)C([2H])([2H])[2H])c1.[2H]C([2H])([2H])C([2H])(C)c1ccc(C)c(C([2H])(C)C([2H])([2H])[2H])c1.[2H]C([2H])([2H])c1cc(C)cc(C)c1C.[2H]C([2H])([2H])c1cc(C)ccc1C. The van der Waals surface area contributed by atoms with E-state index in [9.17, 15) is 13.2 Å². The first-order valence-electron chi connectivity index (χ1n) is 51.2. The molecule has 6 aromatic rings. The van der Waals surface area contributed by atoms with Gasteiger partial charge in [-0.05, 0) is 277 Å². The van der Waals surface area contributed by atoms with Crippen LogP contribution in [0.1, 0.15) is 446 Å². The van der Waals surface area contributed by atoms with E-state index in [0.29, 0.717) is 29.5 Å². The molecule has 0 amide bonds. The van der Waals surface area contributed by atoms with Crippen molar-refractivity contribution in [3.8, 4) is 0 Å². The first-order valence-corrected chi connectivity index (χ1v) is 34.7. The van der Waals surface area contributed by atoms with E-state index >= 15 is 0 Å². The Labute approximate surface area is 652 Å². The van der Waals surface area contributed by atoms with E-state index in [4.69, 9.17) is 45.2 Å². The highest BCUT2D eigenvalue weighted by Crippen LogP contribution is 2.52. The van der Waals surface area contributed by atoms with Crippen molar-refractivity contribution < 1.29 is 58.4 Å². The van der Waals surface area contributed by atoms with Crippen LogP contribution in [0.3, 0.4) is 0 Å². The van der Waals surface area contributed by atoms with Gasteiger partial charge in [0, 0.05) is 45.2 Å². The molecule has 8 rings (SSSR count). The Morgan fingerprint density at radius 2 is 0.745 bits per heavy atom. The van der Waals surface area contributed by atoms with Gasteiger partial charge in [-0.3, -0.25) is 0 Å².